The van der Waals surface area contributed by atoms with Crippen molar-refractivity contribution < 1.29 is 18.8 Å². The van der Waals surface area contributed by atoms with Gasteiger partial charge in [-0.15, -0.1) is 0 Å². The molecule has 4 rings (SSSR count). The Kier molecular flexibility index (Phi) is 4.35. The van der Waals surface area contributed by atoms with Gasteiger partial charge < -0.3 is 4.90 Å². The highest BCUT2D eigenvalue weighted by atomic mass is 19.1. The number of carbonyl (C=O) groups is 3. The maximum absolute atomic E-state index is 13.2. The second-order valence-electron chi connectivity index (χ2n) is 6.69. The molecule has 2 heterocycles. The lowest BCUT2D eigenvalue weighted by molar-refractivity contribution is -0.117. The van der Waals surface area contributed by atoms with Gasteiger partial charge in [0.1, 0.15) is 12.4 Å². The normalized spacial score (nSPS) is 19.5. The zero-order valence-electron chi connectivity index (χ0n) is 14.5. The summed E-state index contributed by atoms with van der Waals surface area (Å²) in [4.78, 5) is 39.1. The van der Waals surface area contributed by atoms with Gasteiger partial charge in [-0.2, -0.15) is 0 Å². The van der Waals surface area contributed by atoms with Gasteiger partial charge in [0.2, 0.25) is 5.91 Å². The molecule has 0 aliphatic carbocycles. The largest absolute Gasteiger partial charge is 0.332 e. The van der Waals surface area contributed by atoms with Gasteiger partial charge in [-0.3, -0.25) is 19.8 Å². The number of hydrogen-bond acceptors (Lipinski definition) is 3. The Morgan fingerprint density at radius 3 is 2.37 bits per heavy atom. The van der Waals surface area contributed by atoms with Crippen molar-refractivity contribution in [2.24, 2.45) is 0 Å². The number of hydrogen-bond donors (Lipinski definition) is 1. The summed E-state index contributed by atoms with van der Waals surface area (Å²) in [6.45, 7) is 0.622. The number of carbonyl (C=O) groups excluding carboxylic acids is 3. The number of nitrogens with one attached hydrogen (secondary N) is 1. The van der Waals surface area contributed by atoms with Crippen molar-refractivity contribution in [1.29, 1.82) is 0 Å². The summed E-state index contributed by atoms with van der Waals surface area (Å²) in [6, 6.07) is 12.4. The Hall–Kier alpha value is -3.22. The summed E-state index contributed by atoms with van der Waals surface area (Å²) < 4.78 is 13.2. The highest BCUT2D eigenvalue weighted by Crippen LogP contribution is 2.33. The molecule has 0 saturated carbocycles. The molecule has 0 radical (unpaired) electrons. The molecule has 138 valence electrons. The van der Waals surface area contributed by atoms with Crippen LogP contribution in [0, 0.1) is 5.82 Å². The SMILES string of the molecule is O=C1CN(c2ccc(C(=O)N3CCC[C@H]3c3ccc(F)cc3)cc2)C(=O)N1. The molecule has 2 aliphatic rings. The molecule has 2 aliphatic heterocycles. The van der Waals surface area contributed by atoms with Crippen molar-refractivity contribution in [2.45, 2.75) is 18.9 Å². The molecule has 1 N–H and O–H groups in total. The van der Waals surface area contributed by atoms with Gasteiger partial charge in [-0.1, -0.05) is 12.1 Å². The second-order valence-corrected chi connectivity index (χ2v) is 6.69. The van der Waals surface area contributed by atoms with Gasteiger partial charge in [-0.25, -0.2) is 9.18 Å². The van der Waals surface area contributed by atoms with E-state index in [9.17, 15) is 18.8 Å². The molecule has 0 unspecified atom stereocenters. The van der Waals surface area contributed by atoms with Crippen LogP contribution < -0.4 is 10.2 Å². The van der Waals surface area contributed by atoms with Crippen molar-refractivity contribution in [1.82, 2.24) is 10.2 Å². The van der Waals surface area contributed by atoms with E-state index in [1.54, 1.807) is 41.3 Å². The minimum atomic E-state index is -0.463. The number of likely N-dealkylation sites (tertiary alicyclic amines) is 1. The topological polar surface area (TPSA) is 69.7 Å². The Balaban J connectivity index is 1.52. The van der Waals surface area contributed by atoms with Crippen LogP contribution >= 0.6 is 0 Å². The van der Waals surface area contributed by atoms with Gasteiger partial charge in [0.15, 0.2) is 0 Å². The van der Waals surface area contributed by atoms with Crippen LogP contribution in [0.2, 0.25) is 0 Å². The number of nitrogens with zero attached hydrogens (tertiary/aromatic N) is 2. The molecule has 0 aromatic heterocycles. The first kappa shape index (κ1) is 17.2. The summed E-state index contributed by atoms with van der Waals surface area (Å²) in [5.74, 6) is -0.746. The van der Waals surface area contributed by atoms with Gasteiger partial charge >= 0.3 is 6.03 Å². The molecule has 2 aromatic carbocycles. The highest BCUT2D eigenvalue weighted by molar-refractivity contribution is 6.12. The number of anilines is 1. The van der Waals surface area contributed by atoms with Crippen LogP contribution in [0.3, 0.4) is 0 Å². The molecule has 0 spiro atoms. The Labute approximate surface area is 155 Å². The van der Waals surface area contributed by atoms with Gasteiger partial charge in [0.25, 0.3) is 5.91 Å². The fourth-order valence-electron chi connectivity index (χ4n) is 3.64. The van der Waals surface area contributed by atoms with Crippen LogP contribution in [0.15, 0.2) is 48.5 Å². The molecule has 2 fully saturated rings. The van der Waals surface area contributed by atoms with E-state index in [0.29, 0.717) is 17.8 Å². The molecule has 1 atom stereocenters. The summed E-state index contributed by atoms with van der Waals surface area (Å²) in [5.41, 5.74) is 2.00. The van der Waals surface area contributed by atoms with Crippen molar-refractivity contribution in [3.63, 3.8) is 0 Å². The summed E-state index contributed by atoms with van der Waals surface area (Å²) in [7, 11) is 0. The van der Waals surface area contributed by atoms with Crippen LogP contribution in [0.5, 0.6) is 0 Å². The van der Waals surface area contributed by atoms with E-state index in [1.165, 1.54) is 17.0 Å². The second kappa shape index (κ2) is 6.83. The monoisotopic (exact) mass is 367 g/mol. The quantitative estimate of drug-likeness (QED) is 0.848. The Morgan fingerprint density at radius 1 is 1.04 bits per heavy atom. The minimum absolute atomic E-state index is 0.0229. The molecule has 0 bridgehead atoms. The average molecular weight is 367 g/mol. The lowest BCUT2D eigenvalue weighted by atomic mass is 10.0. The van der Waals surface area contributed by atoms with E-state index in [2.05, 4.69) is 5.32 Å². The fraction of sp³-hybridized carbons (Fsp3) is 0.250. The first-order chi connectivity index (χ1) is 13.0. The maximum Gasteiger partial charge on any atom is 0.329 e. The molecule has 2 aromatic rings. The van der Waals surface area contributed by atoms with E-state index in [-0.39, 0.29) is 30.2 Å². The first-order valence-corrected chi connectivity index (χ1v) is 8.81. The molecular weight excluding hydrogens is 349 g/mol. The third-order valence-electron chi connectivity index (χ3n) is 4.99. The van der Waals surface area contributed by atoms with Crippen molar-refractivity contribution in [3.8, 4) is 0 Å². The van der Waals surface area contributed by atoms with Crippen molar-refractivity contribution >= 4 is 23.5 Å². The molecule has 27 heavy (non-hydrogen) atoms. The van der Waals surface area contributed by atoms with Crippen LogP contribution in [0.1, 0.15) is 34.8 Å². The van der Waals surface area contributed by atoms with Crippen LogP contribution in [0.25, 0.3) is 0 Å². The highest BCUT2D eigenvalue weighted by Gasteiger charge is 2.31. The van der Waals surface area contributed by atoms with E-state index >= 15 is 0 Å². The predicted molar refractivity (Wildman–Crippen MR) is 96.7 cm³/mol. The first-order valence-electron chi connectivity index (χ1n) is 8.81. The average Bonchev–Trinajstić information content (AvgIpc) is 3.28. The summed E-state index contributed by atoms with van der Waals surface area (Å²) in [6.07, 6.45) is 1.73. The number of amides is 4. The van der Waals surface area contributed by atoms with Gasteiger partial charge in [0.05, 0.1) is 6.04 Å². The Bertz CT molecular complexity index is 896. The number of imide groups is 1. The minimum Gasteiger partial charge on any atom is -0.332 e. The molecule has 2 saturated heterocycles. The third kappa shape index (κ3) is 3.28. The standard InChI is InChI=1S/C20H18FN3O3/c21-15-7-3-13(4-8-15)17-2-1-11-23(17)19(26)14-5-9-16(10-6-14)24-12-18(25)22-20(24)27/h3-10,17H,1-2,11-12H2,(H,22,25,27)/t17-/m0/s1. The van der Waals surface area contributed by atoms with E-state index in [0.717, 1.165) is 18.4 Å². The lowest BCUT2D eigenvalue weighted by Gasteiger charge is -2.25. The van der Waals surface area contributed by atoms with Crippen LogP contribution in [0.4, 0.5) is 14.9 Å². The Morgan fingerprint density at radius 2 is 1.74 bits per heavy atom. The number of halogens is 1. The zero-order valence-corrected chi connectivity index (χ0v) is 14.5. The maximum atomic E-state index is 13.2. The van der Waals surface area contributed by atoms with E-state index in [1.807, 2.05) is 0 Å². The molecule has 6 nitrogen and oxygen atoms in total. The zero-order chi connectivity index (χ0) is 19.0. The fourth-order valence-corrected chi connectivity index (χ4v) is 3.64. The van der Waals surface area contributed by atoms with Crippen LogP contribution in [-0.4, -0.2) is 35.8 Å². The predicted octanol–water partition coefficient (Wildman–Crippen LogP) is 2.86. The number of urea groups is 1. The third-order valence-corrected chi connectivity index (χ3v) is 4.99. The smallest absolute Gasteiger partial charge is 0.329 e. The van der Waals surface area contributed by atoms with E-state index < -0.39 is 6.03 Å². The molecule has 7 heteroatoms. The number of rotatable bonds is 3. The van der Waals surface area contributed by atoms with Crippen molar-refractivity contribution in [3.05, 3.63) is 65.5 Å². The van der Waals surface area contributed by atoms with E-state index in [4.69, 9.17) is 0 Å². The van der Waals surface area contributed by atoms with Gasteiger partial charge in [-0.05, 0) is 54.8 Å². The van der Waals surface area contributed by atoms with Crippen LogP contribution in [-0.2, 0) is 4.79 Å². The lowest BCUT2D eigenvalue weighted by Crippen LogP contribution is -2.31. The number of benzene rings is 2. The van der Waals surface area contributed by atoms with Gasteiger partial charge in [0, 0.05) is 17.8 Å². The molecular formula is C20H18FN3O3. The summed E-state index contributed by atoms with van der Waals surface area (Å²) >= 11 is 0. The van der Waals surface area contributed by atoms with Crippen molar-refractivity contribution in [2.75, 3.05) is 18.0 Å². The molecule has 4 amide bonds. The summed E-state index contributed by atoms with van der Waals surface area (Å²) in [5, 5.41) is 2.22.